The smallest absolute Gasteiger partial charge is 0.258 e. The third kappa shape index (κ3) is 4.65. The highest BCUT2D eigenvalue weighted by Gasteiger charge is 2.32. The first kappa shape index (κ1) is 23.0. The van der Waals surface area contributed by atoms with Crippen molar-refractivity contribution < 1.29 is 17.9 Å². The van der Waals surface area contributed by atoms with E-state index in [0.717, 1.165) is 28.8 Å². The van der Waals surface area contributed by atoms with Gasteiger partial charge in [-0.25, -0.2) is 13.1 Å². The third-order valence-electron chi connectivity index (χ3n) is 6.02. The van der Waals surface area contributed by atoms with Crippen molar-refractivity contribution in [3.8, 4) is 5.75 Å². The minimum atomic E-state index is -3.66. The number of anilines is 1. The Morgan fingerprint density at radius 2 is 1.79 bits per heavy atom. The van der Waals surface area contributed by atoms with Crippen molar-refractivity contribution in [1.29, 1.82) is 0 Å². The lowest BCUT2D eigenvalue weighted by Gasteiger charge is -2.23. The molecule has 172 valence electrons. The first-order valence-electron chi connectivity index (χ1n) is 10.9. The molecule has 0 fully saturated rings. The van der Waals surface area contributed by atoms with Gasteiger partial charge in [0, 0.05) is 23.8 Å². The summed E-state index contributed by atoms with van der Waals surface area (Å²) in [6, 6.07) is 18.3. The van der Waals surface area contributed by atoms with E-state index in [9.17, 15) is 13.2 Å². The molecule has 33 heavy (non-hydrogen) atoms. The van der Waals surface area contributed by atoms with Crippen LogP contribution in [0, 0.1) is 13.8 Å². The molecule has 0 bridgehead atoms. The van der Waals surface area contributed by atoms with Gasteiger partial charge < -0.3 is 9.64 Å². The third-order valence-corrected chi connectivity index (χ3v) is 7.56. The summed E-state index contributed by atoms with van der Waals surface area (Å²) in [5.74, 6) is 0.608. The molecule has 0 aromatic heterocycles. The molecule has 4 rings (SSSR count). The van der Waals surface area contributed by atoms with Crippen LogP contribution in [0.25, 0.3) is 0 Å². The number of hydrogen-bond acceptors (Lipinski definition) is 4. The summed E-state index contributed by atoms with van der Waals surface area (Å²) >= 11 is 0. The van der Waals surface area contributed by atoms with Crippen LogP contribution in [0.15, 0.2) is 65.6 Å². The van der Waals surface area contributed by atoms with Gasteiger partial charge in [0.15, 0.2) is 0 Å². The molecule has 0 aliphatic carbocycles. The van der Waals surface area contributed by atoms with Crippen LogP contribution < -0.4 is 14.4 Å². The fourth-order valence-corrected chi connectivity index (χ4v) is 5.54. The van der Waals surface area contributed by atoms with E-state index in [1.54, 1.807) is 49.3 Å². The Bertz CT molecular complexity index is 1300. The molecule has 1 heterocycles. The number of carbonyl (C=O) groups is 1. The maximum atomic E-state index is 13.3. The molecular formula is C26H28N2O4S. The summed E-state index contributed by atoms with van der Waals surface area (Å²) < 4.78 is 33.7. The number of carbonyl (C=O) groups excluding carboxylic acids is 1. The van der Waals surface area contributed by atoms with Gasteiger partial charge >= 0.3 is 0 Å². The molecule has 1 N–H and O–H groups in total. The first-order valence-corrected chi connectivity index (χ1v) is 12.3. The van der Waals surface area contributed by atoms with E-state index < -0.39 is 10.0 Å². The number of nitrogens with zero attached hydrogens (tertiary/aromatic N) is 1. The minimum Gasteiger partial charge on any atom is -0.497 e. The van der Waals surface area contributed by atoms with Crippen molar-refractivity contribution in [2.24, 2.45) is 0 Å². The highest BCUT2D eigenvalue weighted by Crippen LogP contribution is 2.34. The average molecular weight is 465 g/mol. The maximum Gasteiger partial charge on any atom is 0.258 e. The second-order valence-electron chi connectivity index (χ2n) is 8.51. The molecule has 0 radical (unpaired) electrons. The van der Waals surface area contributed by atoms with Crippen LogP contribution in [0.5, 0.6) is 5.75 Å². The van der Waals surface area contributed by atoms with Gasteiger partial charge in [-0.05, 0) is 85.8 Å². The summed E-state index contributed by atoms with van der Waals surface area (Å²) in [7, 11) is -2.07. The molecular weight excluding hydrogens is 436 g/mol. The second-order valence-corrected chi connectivity index (χ2v) is 10.2. The Balaban J connectivity index is 1.57. The first-order chi connectivity index (χ1) is 15.7. The van der Waals surface area contributed by atoms with Gasteiger partial charge in [-0.1, -0.05) is 24.3 Å². The second kappa shape index (κ2) is 9.00. The molecule has 1 unspecified atom stereocenters. The van der Waals surface area contributed by atoms with Crippen LogP contribution in [0.2, 0.25) is 0 Å². The fraction of sp³-hybridized carbons (Fsp3) is 0.269. The Morgan fingerprint density at radius 3 is 2.48 bits per heavy atom. The summed E-state index contributed by atoms with van der Waals surface area (Å²) in [6.07, 6.45) is 0.756. The molecule has 1 atom stereocenters. The predicted octanol–water partition coefficient (Wildman–Crippen LogP) is 4.38. The minimum absolute atomic E-state index is 0.0106. The Labute approximate surface area is 195 Å². The topological polar surface area (TPSA) is 75.7 Å². The monoisotopic (exact) mass is 464 g/mol. The quantitative estimate of drug-likeness (QED) is 0.587. The molecule has 0 saturated heterocycles. The number of amides is 1. The normalized spacial score (nSPS) is 15.4. The number of ether oxygens (including phenoxy) is 1. The van der Waals surface area contributed by atoms with Crippen molar-refractivity contribution in [3.63, 3.8) is 0 Å². The number of methoxy groups -OCH3 is 1. The van der Waals surface area contributed by atoms with Crippen molar-refractivity contribution in [2.45, 2.75) is 44.7 Å². The SMILES string of the molecule is COc1ccc(C(=O)N2c3cc(CNS(=O)(=O)c4cc(C)ccc4C)ccc3CC2C)cc1. The number of fused-ring (bicyclic) bond motifs is 1. The number of aryl methyl sites for hydroxylation is 2. The van der Waals surface area contributed by atoms with Gasteiger partial charge in [0.2, 0.25) is 10.0 Å². The van der Waals surface area contributed by atoms with Crippen molar-refractivity contribution in [1.82, 2.24) is 4.72 Å². The number of benzene rings is 3. The molecule has 1 aliphatic rings. The number of nitrogens with one attached hydrogen (secondary N) is 1. The summed E-state index contributed by atoms with van der Waals surface area (Å²) in [5.41, 5.74) is 4.87. The largest absolute Gasteiger partial charge is 0.497 e. The Kier molecular flexibility index (Phi) is 6.28. The van der Waals surface area contributed by atoms with Gasteiger partial charge in [-0.2, -0.15) is 0 Å². The van der Waals surface area contributed by atoms with E-state index >= 15 is 0 Å². The summed E-state index contributed by atoms with van der Waals surface area (Å²) in [4.78, 5) is 15.4. The van der Waals surface area contributed by atoms with E-state index in [2.05, 4.69) is 4.72 Å². The standard InChI is InChI=1S/C26H28N2O4S/c1-17-5-6-18(2)25(13-17)33(30,31)27-16-20-7-8-22-14-19(3)28(24(22)15-20)26(29)21-9-11-23(32-4)12-10-21/h5-13,15,19,27H,14,16H2,1-4H3. The molecule has 7 heteroatoms. The van der Waals surface area contributed by atoms with Crippen LogP contribution in [-0.4, -0.2) is 27.5 Å². The van der Waals surface area contributed by atoms with Gasteiger partial charge in [0.05, 0.1) is 12.0 Å². The van der Waals surface area contributed by atoms with E-state index in [4.69, 9.17) is 4.74 Å². The van der Waals surface area contributed by atoms with Gasteiger partial charge in [0.25, 0.3) is 5.91 Å². The zero-order valence-electron chi connectivity index (χ0n) is 19.3. The lowest BCUT2D eigenvalue weighted by atomic mass is 10.1. The highest BCUT2D eigenvalue weighted by atomic mass is 32.2. The molecule has 0 saturated carbocycles. The average Bonchev–Trinajstić information content (AvgIpc) is 3.13. The lowest BCUT2D eigenvalue weighted by molar-refractivity contribution is 0.0981. The highest BCUT2D eigenvalue weighted by molar-refractivity contribution is 7.89. The van der Waals surface area contributed by atoms with E-state index in [0.29, 0.717) is 16.9 Å². The summed E-state index contributed by atoms with van der Waals surface area (Å²) in [5, 5.41) is 0. The number of sulfonamides is 1. The molecule has 0 spiro atoms. The van der Waals surface area contributed by atoms with E-state index in [1.165, 1.54) is 0 Å². The zero-order chi connectivity index (χ0) is 23.8. The van der Waals surface area contributed by atoms with Crippen LogP contribution in [0.3, 0.4) is 0 Å². The predicted molar refractivity (Wildman–Crippen MR) is 129 cm³/mol. The van der Waals surface area contributed by atoms with E-state index in [-0.39, 0.29) is 23.4 Å². The van der Waals surface area contributed by atoms with Crippen LogP contribution in [-0.2, 0) is 23.0 Å². The van der Waals surface area contributed by atoms with Crippen LogP contribution in [0.1, 0.15) is 39.5 Å². The lowest BCUT2D eigenvalue weighted by Crippen LogP contribution is -2.35. The van der Waals surface area contributed by atoms with Crippen molar-refractivity contribution in [2.75, 3.05) is 12.0 Å². The Morgan fingerprint density at radius 1 is 1.06 bits per heavy atom. The van der Waals surface area contributed by atoms with Crippen molar-refractivity contribution >= 4 is 21.6 Å². The van der Waals surface area contributed by atoms with Crippen LogP contribution >= 0.6 is 0 Å². The molecule has 1 amide bonds. The van der Waals surface area contributed by atoms with Crippen molar-refractivity contribution in [3.05, 3.63) is 88.5 Å². The van der Waals surface area contributed by atoms with Gasteiger partial charge in [0.1, 0.15) is 5.75 Å². The van der Waals surface area contributed by atoms with Gasteiger partial charge in [-0.3, -0.25) is 4.79 Å². The molecule has 1 aliphatic heterocycles. The molecule has 3 aromatic carbocycles. The molecule has 3 aromatic rings. The number of rotatable bonds is 6. The summed E-state index contributed by atoms with van der Waals surface area (Å²) in [6.45, 7) is 5.81. The molecule has 6 nitrogen and oxygen atoms in total. The maximum absolute atomic E-state index is 13.3. The number of hydrogen-bond donors (Lipinski definition) is 1. The van der Waals surface area contributed by atoms with E-state index in [1.807, 2.05) is 44.2 Å². The van der Waals surface area contributed by atoms with Crippen LogP contribution in [0.4, 0.5) is 5.69 Å². The Hall–Kier alpha value is -3.16. The zero-order valence-corrected chi connectivity index (χ0v) is 20.1. The van der Waals surface area contributed by atoms with Gasteiger partial charge in [-0.15, -0.1) is 0 Å². The fourth-order valence-electron chi connectivity index (χ4n) is 4.20.